The molecule has 2 rings (SSSR count). The number of rotatable bonds is 4. The second-order valence-corrected chi connectivity index (χ2v) is 5.43. The Labute approximate surface area is 114 Å². The van der Waals surface area contributed by atoms with Gasteiger partial charge >= 0.3 is 0 Å². The molecule has 2 atom stereocenters. The van der Waals surface area contributed by atoms with Crippen LogP contribution in [0.5, 0.6) is 0 Å². The predicted octanol–water partition coefficient (Wildman–Crippen LogP) is 1.58. The van der Waals surface area contributed by atoms with Crippen LogP contribution >= 0.6 is 0 Å². The van der Waals surface area contributed by atoms with E-state index in [1.807, 2.05) is 19.2 Å². The molecule has 2 unspecified atom stereocenters. The van der Waals surface area contributed by atoms with Gasteiger partial charge in [-0.25, -0.2) is 9.97 Å². The third-order valence-corrected chi connectivity index (χ3v) is 3.31. The molecule has 0 radical (unpaired) electrons. The number of morpholine rings is 1. The fourth-order valence-electron chi connectivity index (χ4n) is 2.35. The van der Waals surface area contributed by atoms with Crippen LogP contribution in [0, 0.1) is 0 Å². The van der Waals surface area contributed by atoms with Crippen LogP contribution in [0.25, 0.3) is 0 Å². The number of aromatic nitrogens is 2. The zero-order chi connectivity index (χ0) is 13.8. The van der Waals surface area contributed by atoms with Gasteiger partial charge < -0.3 is 14.7 Å². The van der Waals surface area contributed by atoms with E-state index in [9.17, 15) is 5.11 Å². The van der Waals surface area contributed by atoms with Crippen molar-refractivity contribution in [1.82, 2.24) is 9.97 Å². The highest BCUT2D eigenvalue weighted by atomic mass is 16.5. The van der Waals surface area contributed by atoms with Gasteiger partial charge in [-0.2, -0.15) is 0 Å². The Kier molecular flexibility index (Phi) is 4.71. The van der Waals surface area contributed by atoms with Gasteiger partial charge in [0, 0.05) is 18.7 Å². The van der Waals surface area contributed by atoms with Crippen LogP contribution in [0.3, 0.4) is 0 Å². The van der Waals surface area contributed by atoms with Crippen molar-refractivity contribution in [3.05, 3.63) is 18.1 Å². The van der Waals surface area contributed by atoms with Crippen molar-refractivity contribution >= 4 is 5.82 Å². The van der Waals surface area contributed by atoms with E-state index in [0.717, 1.165) is 18.2 Å². The molecule has 0 spiro atoms. The lowest BCUT2D eigenvalue weighted by Crippen LogP contribution is -2.47. The largest absolute Gasteiger partial charge is 0.393 e. The minimum atomic E-state index is -0.333. The summed E-state index contributed by atoms with van der Waals surface area (Å²) in [7, 11) is 0. The second-order valence-electron chi connectivity index (χ2n) is 5.43. The Bertz CT molecular complexity index is 409. The molecule has 5 heteroatoms. The van der Waals surface area contributed by atoms with Crippen molar-refractivity contribution in [3.8, 4) is 0 Å². The van der Waals surface area contributed by atoms with Crippen LogP contribution in [0.15, 0.2) is 12.3 Å². The number of aliphatic hydroxyl groups excluding tert-OH is 1. The van der Waals surface area contributed by atoms with E-state index in [4.69, 9.17) is 4.74 Å². The Balaban J connectivity index is 2.19. The van der Waals surface area contributed by atoms with Gasteiger partial charge in [-0.3, -0.25) is 0 Å². The maximum Gasteiger partial charge on any atom is 0.133 e. The smallest absolute Gasteiger partial charge is 0.133 e. The van der Waals surface area contributed by atoms with Gasteiger partial charge in [0.05, 0.1) is 25.4 Å². The molecule has 19 heavy (non-hydrogen) atoms. The fraction of sp³-hybridized carbons (Fsp3) is 0.714. The Morgan fingerprint density at radius 3 is 2.95 bits per heavy atom. The first-order chi connectivity index (χ1) is 9.08. The molecule has 0 bridgehead atoms. The van der Waals surface area contributed by atoms with E-state index >= 15 is 0 Å². The van der Waals surface area contributed by atoms with Crippen LogP contribution in [-0.2, 0) is 4.74 Å². The molecule has 1 saturated heterocycles. The minimum Gasteiger partial charge on any atom is -0.393 e. The molecule has 1 aromatic heterocycles. The Morgan fingerprint density at radius 2 is 2.26 bits per heavy atom. The summed E-state index contributed by atoms with van der Waals surface area (Å²) in [6.45, 7) is 8.15. The molecule has 106 valence electrons. The van der Waals surface area contributed by atoms with Crippen LogP contribution in [0.4, 0.5) is 5.82 Å². The van der Waals surface area contributed by atoms with Gasteiger partial charge in [0.2, 0.25) is 0 Å². The molecule has 0 saturated carbocycles. The first-order valence-corrected chi connectivity index (χ1v) is 6.93. The number of nitrogens with zero attached hydrogens (tertiary/aromatic N) is 3. The van der Waals surface area contributed by atoms with Gasteiger partial charge in [0.15, 0.2) is 0 Å². The monoisotopic (exact) mass is 265 g/mol. The average molecular weight is 265 g/mol. The standard InChI is InChI=1S/C14H23N3O2/c1-10(2)14-15-5-4-13(16-14)17-6-7-19-9-12(17)8-11(3)18/h4-5,10-12,18H,6-9H2,1-3H3. The van der Waals surface area contributed by atoms with Gasteiger partial charge in [-0.1, -0.05) is 13.8 Å². The topological polar surface area (TPSA) is 58.5 Å². The van der Waals surface area contributed by atoms with Crippen molar-refractivity contribution in [2.24, 2.45) is 0 Å². The Hall–Kier alpha value is -1.20. The van der Waals surface area contributed by atoms with E-state index in [0.29, 0.717) is 25.6 Å². The van der Waals surface area contributed by atoms with E-state index in [1.165, 1.54) is 0 Å². The van der Waals surface area contributed by atoms with E-state index in [2.05, 4.69) is 28.7 Å². The molecule has 1 N–H and O–H groups in total. The fourth-order valence-corrected chi connectivity index (χ4v) is 2.35. The summed E-state index contributed by atoms with van der Waals surface area (Å²) >= 11 is 0. The summed E-state index contributed by atoms with van der Waals surface area (Å²) in [4.78, 5) is 11.2. The quantitative estimate of drug-likeness (QED) is 0.895. The molecular weight excluding hydrogens is 242 g/mol. The van der Waals surface area contributed by atoms with Crippen LogP contribution in [0.1, 0.15) is 38.9 Å². The maximum absolute atomic E-state index is 9.60. The number of hydrogen-bond acceptors (Lipinski definition) is 5. The summed E-state index contributed by atoms with van der Waals surface area (Å²) in [6.07, 6.45) is 2.17. The van der Waals surface area contributed by atoms with Gasteiger partial charge in [-0.15, -0.1) is 0 Å². The number of aliphatic hydroxyl groups is 1. The molecule has 1 aliphatic rings. The first kappa shape index (κ1) is 14.2. The number of anilines is 1. The summed E-state index contributed by atoms with van der Waals surface area (Å²) < 4.78 is 5.52. The summed E-state index contributed by atoms with van der Waals surface area (Å²) in [5, 5.41) is 9.60. The summed E-state index contributed by atoms with van der Waals surface area (Å²) in [5.41, 5.74) is 0. The van der Waals surface area contributed by atoms with Gasteiger partial charge in [0.1, 0.15) is 11.6 Å². The van der Waals surface area contributed by atoms with Gasteiger partial charge in [0.25, 0.3) is 0 Å². The third-order valence-electron chi connectivity index (χ3n) is 3.31. The molecule has 0 aromatic carbocycles. The molecule has 0 aliphatic carbocycles. The summed E-state index contributed by atoms with van der Waals surface area (Å²) in [5.74, 6) is 2.11. The highest BCUT2D eigenvalue weighted by Gasteiger charge is 2.25. The van der Waals surface area contributed by atoms with Crippen LogP contribution in [0.2, 0.25) is 0 Å². The molecule has 0 amide bonds. The average Bonchev–Trinajstić information content (AvgIpc) is 2.39. The summed E-state index contributed by atoms with van der Waals surface area (Å²) in [6, 6.07) is 2.12. The molecule has 1 aromatic rings. The first-order valence-electron chi connectivity index (χ1n) is 6.93. The van der Waals surface area contributed by atoms with Gasteiger partial charge in [-0.05, 0) is 19.4 Å². The molecule has 2 heterocycles. The van der Waals surface area contributed by atoms with E-state index < -0.39 is 0 Å². The van der Waals surface area contributed by atoms with E-state index in [-0.39, 0.29) is 12.1 Å². The lowest BCUT2D eigenvalue weighted by molar-refractivity contribution is 0.0717. The van der Waals surface area contributed by atoms with Crippen molar-refractivity contribution in [1.29, 1.82) is 0 Å². The molecular formula is C14H23N3O2. The lowest BCUT2D eigenvalue weighted by atomic mass is 10.1. The van der Waals surface area contributed by atoms with Crippen LogP contribution < -0.4 is 4.90 Å². The van der Waals surface area contributed by atoms with Crippen molar-refractivity contribution in [3.63, 3.8) is 0 Å². The SMILES string of the molecule is CC(O)CC1COCCN1c1ccnc(C(C)C)n1. The Morgan fingerprint density at radius 1 is 1.47 bits per heavy atom. The van der Waals surface area contributed by atoms with E-state index in [1.54, 1.807) is 0 Å². The van der Waals surface area contributed by atoms with Crippen molar-refractivity contribution in [2.75, 3.05) is 24.7 Å². The highest BCUT2D eigenvalue weighted by molar-refractivity contribution is 5.39. The zero-order valence-corrected chi connectivity index (χ0v) is 11.9. The normalized spacial score (nSPS) is 21.7. The van der Waals surface area contributed by atoms with Crippen molar-refractivity contribution in [2.45, 2.75) is 45.3 Å². The predicted molar refractivity (Wildman–Crippen MR) is 74.4 cm³/mol. The minimum absolute atomic E-state index is 0.184. The second kappa shape index (κ2) is 6.30. The van der Waals surface area contributed by atoms with Crippen LogP contribution in [-0.4, -0.2) is 47.0 Å². The number of ether oxygens (including phenoxy) is 1. The lowest BCUT2D eigenvalue weighted by Gasteiger charge is -2.37. The third kappa shape index (κ3) is 3.64. The molecule has 5 nitrogen and oxygen atoms in total. The van der Waals surface area contributed by atoms with Crippen molar-refractivity contribution < 1.29 is 9.84 Å². The molecule has 1 aliphatic heterocycles. The number of hydrogen-bond donors (Lipinski definition) is 1. The highest BCUT2D eigenvalue weighted by Crippen LogP contribution is 2.21. The molecule has 1 fully saturated rings. The zero-order valence-electron chi connectivity index (χ0n) is 11.9. The maximum atomic E-state index is 9.60.